The minimum absolute atomic E-state index is 0.586. The van der Waals surface area contributed by atoms with Crippen molar-refractivity contribution in [2.75, 3.05) is 13.7 Å². The van der Waals surface area contributed by atoms with Gasteiger partial charge in [-0.15, -0.1) is 0 Å². The maximum Gasteiger partial charge on any atom is 0.146 e. The molecule has 0 bridgehead atoms. The highest BCUT2D eigenvalue weighted by Crippen LogP contribution is 2.38. The number of ether oxygens (including phenoxy) is 2. The molecule has 1 heterocycles. The topological polar surface area (TPSA) is 57.4 Å². The highest BCUT2D eigenvalue weighted by atomic mass is 79.9. The highest BCUT2D eigenvalue weighted by Gasteiger charge is 2.09. The first kappa shape index (κ1) is 15.3. The van der Waals surface area contributed by atoms with Crippen LogP contribution in [0.5, 0.6) is 17.2 Å². The van der Waals surface area contributed by atoms with Crippen LogP contribution in [0.1, 0.15) is 5.56 Å². The lowest BCUT2D eigenvalue weighted by atomic mass is 10.2. The Hall–Kier alpha value is -1.11. The first-order chi connectivity index (χ1) is 9.63. The van der Waals surface area contributed by atoms with E-state index in [1.165, 1.54) is 0 Å². The second kappa shape index (κ2) is 7.06. The number of halogens is 2. The van der Waals surface area contributed by atoms with Crippen molar-refractivity contribution < 1.29 is 9.47 Å². The predicted octanol–water partition coefficient (Wildman–Crippen LogP) is 3.91. The van der Waals surface area contributed by atoms with Gasteiger partial charge in [-0.05, 0) is 68.6 Å². The second-order valence-electron chi connectivity index (χ2n) is 4.09. The summed E-state index contributed by atoms with van der Waals surface area (Å²) in [5, 5.41) is 0. The third-order valence-electron chi connectivity index (χ3n) is 2.64. The van der Waals surface area contributed by atoms with Crippen molar-refractivity contribution in [2.45, 2.75) is 6.42 Å². The summed E-state index contributed by atoms with van der Waals surface area (Å²) in [6.07, 6.45) is 4.24. The van der Waals surface area contributed by atoms with Gasteiger partial charge >= 0.3 is 0 Å². The number of hydrogen-bond donors (Lipinski definition) is 1. The Morgan fingerprint density at radius 1 is 1.10 bits per heavy atom. The van der Waals surface area contributed by atoms with E-state index in [1.807, 2.05) is 18.2 Å². The van der Waals surface area contributed by atoms with Crippen LogP contribution in [0.3, 0.4) is 0 Å². The monoisotopic (exact) mass is 400 g/mol. The van der Waals surface area contributed by atoms with Gasteiger partial charge in [0.15, 0.2) is 0 Å². The average Bonchev–Trinajstić information content (AvgIpc) is 2.43. The lowest BCUT2D eigenvalue weighted by Gasteiger charge is -2.11. The summed E-state index contributed by atoms with van der Waals surface area (Å²) in [4.78, 5) is 4.15. The summed E-state index contributed by atoms with van der Waals surface area (Å²) in [5.74, 6) is 2.09. The van der Waals surface area contributed by atoms with Crippen molar-refractivity contribution in [3.8, 4) is 17.2 Å². The molecule has 0 atom stereocenters. The summed E-state index contributed by atoms with van der Waals surface area (Å²) in [5.41, 5.74) is 6.59. The molecule has 0 aliphatic rings. The van der Waals surface area contributed by atoms with Crippen LogP contribution in [-0.4, -0.2) is 18.6 Å². The van der Waals surface area contributed by atoms with Crippen molar-refractivity contribution in [3.05, 3.63) is 45.1 Å². The summed E-state index contributed by atoms with van der Waals surface area (Å²) in [6, 6.07) is 5.62. The van der Waals surface area contributed by atoms with Crippen molar-refractivity contribution in [2.24, 2.45) is 5.73 Å². The predicted molar refractivity (Wildman–Crippen MR) is 85.5 cm³/mol. The molecule has 2 aromatic rings. The smallest absolute Gasteiger partial charge is 0.146 e. The molecule has 1 aromatic carbocycles. The molecule has 20 heavy (non-hydrogen) atoms. The average molecular weight is 402 g/mol. The van der Waals surface area contributed by atoms with E-state index in [0.29, 0.717) is 18.0 Å². The number of benzene rings is 1. The van der Waals surface area contributed by atoms with Crippen LogP contribution in [0, 0.1) is 0 Å². The highest BCUT2D eigenvalue weighted by molar-refractivity contribution is 9.11. The van der Waals surface area contributed by atoms with Crippen LogP contribution in [0.25, 0.3) is 0 Å². The van der Waals surface area contributed by atoms with E-state index in [1.54, 1.807) is 19.5 Å². The first-order valence-electron chi connectivity index (χ1n) is 5.99. The number of nitrogens with two attached hydrogens (primary N) is 1. The van der Waals surface area contributed by atoms with Gasteiger partial charge in [0.1, 0.15) is 17.2 Å². The van der Waals surface area contributed by atoms with Gasteiger partial charge in [0.05, 0.1) is 22.3 Å². The lowest BCUT2D eigenvalue weighted by molar-refractivity contribution is 0.409. The fourth-order valence-corrected chi connectivity index (χ4v) is 2.58. The number of methoxy groups -OCH3 is 1. The van der Waals surface area contributed by atoms with Crippen LogP contribution in [0.15, 0.2) is 39.5 Å². The fraction of sp³-hybridized carbons (Fsp3) is 0.214. The van der Waals surface area contributed by atoms with E-state index >= 15 is 0 Å². The molecule has 0 aliphatic heterocycles. The molecule has 0 saturated carbocycles. The molecule has 0 saturated heterocycles. The van der Waals surface area contributed by atoms with Crippen LogP contribution in [0.4, 0.5) is 0 Å². The normalized spacial score (nSPS) is 10.4. The Kier molecular flexibility index (Phi) is 5.39. The Labute approximate surface area is 134 Å². The molecule has 0 radical (unpaired) electrons. The molecule has 0 fully saturated rings. The number of rotatable bonds is 5. The Bertz CT molecular complexity index is 606. The SMILES string of the molecule is COc1cc(Br)c(Oc2cncc(CCN)c2)cc1Br. The van der Waals surface area contributed by atoms with Crippen LogP contribution < -0.4 is 15.2 Å². The Balaban J connectivity index is 2.25. The van der Waals surface area contributed by atoms with Crippen LogP contribution >= 0.6 is 31.9 Å². The van der Waals surface area contributed by atoms with Gasteiger partial charge in [0.2, 0.25) is 0 Å². The fourth-order valence-electron chi connectivity index (χ4n) is 1.69. The zero-order valence-electron chi connectivity index (χ0n) is 10.9. The molecule has 2 rings (SSSR count). The minimum Gasteiger partial charge on any atom is -0.496 e. The summed E-state index contributed by atoms with van der Waals surface area (Å²) in [6.45, 7) is 0.586. The summed E-state index contributed by atoms with van der Waals surface area (Å²) in [7, 11) is 1.62. The number of pyridine rings is 1. The van der Waals surface area contributed by atoms with Gasteiger partial charge in [-0.3, -0.25) is 4.98 Å². The molecule has 106 valence electrons. The molecule has 0 unspecified atom stereocenters. The quantitative estimate of drug-likeness (QED) is 0.825. The maximum atomic E-state index is 5.84. The second-order valence-corrected chi connectivity index (χ2v) is 5.80. The van der Waals surface area contributed by atoms with Gasteiger partial charge in [0.25, 0.3) is 0 Å². The van der Waals surface area contributed by atoms with E-state index in [-0.39, 0.29) is 0 Å². The third kappa shape index (κ3) is 3.71. The molecule has 1 aromatic heterocycles. The van der Waals surface area contributed by atoms with Gasteiger partial charge < -0.3 is 15.2 Å². The van der Waals surface area contributed by atoms with E-state index in [4.69, 9.17) is 15.2 Å². The Morgan fingerprint density at radius 2 is 1.80 bits per heavy atom. The summed E-state index contributed by atoms with van der Waals surface area (Å²) < 4.78 is 12.7. The van der Waals surface area contributed by atoms with E-state index in [9.17, 15) is 0 Å². The zero-order chi connectivity index (χ0) is 14.5. The maximum absolute atomic E-state index is 5.84. The molecule has 0 aliphatic carbocycles. The minimum atomic E-state index is 0.586. The number of hydrogen-bond acceptors (Lipinski definition) is 4. The van der Waals surface area contributed by atoms with Gasteiger partial charge in [-0.25, -0.2) is 0 Å². The standard InChI is InChI=1S/C14H14Br2N2O2/c1-19-13-5-12(16)14(6-11(13)15)20-10-4-9(2-3-17)7-18-8-10/h4-8H,2-3,17H2,1H3. The molecule has 0 spiro atoms. The molecule has 4 nitrogen and oxygen atoms in total. The third-order valence-corrected chi connectivity index (χ3v) is 3.88. The van der Waals surface area contributed by atoms with Gasteiger partial charge in [-0.2, -0.15) is 0 Å². The van der Waals surface area contributed by atoms with Crippen molar-refractivity contribution in [3.63, 3.8) is 0 Å². The van der Waals surface area contributed by atoms with Crippen LogP contribution in [0.2, 0.25) is 0 Å². The molecule has 2 N–H and O–H groups in total. The van der Waals surface area contributed by atoms with Crippen LogP contribution in [-0.2, 0) is 6.42 Å². The Morgan fingerprint density at radius 3 is 2.50 bits per heavy atom. The molecule has 0 amide bonds. The first-order valence-corrected chi connectivity index (χ1v) is 7.57. The lowest BCUT2D eigenvalue weighted by Crippen LogP contribution is -2.03. The van der Waals surface area contributed by atoms with Crippen molar-refractivity contribution in [1.29, 1.82) is 0 Å². The van der Waals surface area contributed by atoms with E-state index in [0.717, 1.165) is 26.7 Å². The molecular weight excluding hydrogens is 388 g/mol. The molecular formula is C14H14Br2N2O2. The van der Waals surface area contributed by atoms with Crippen molar-refractivity contribution in [1.82, 2.24) is 4.98 Å². The van der Waals surface area contributed by atoms with E-state index in [2.05, 4.69) is 36.8 Å². The number of aromatic nitrogens is 1. The van der Waals surface area contributed by atoms with Gasteiger partial charge in [-0.1, -0.05) is 0 Å². The number of nitrogens with zero attached hydrogens (tertiary/aromatic N) is 1. The van der Waals surface area contributed by atoms with Gasteiger partial charge in [0, 0.05) is 6.20 Å². The zero-order valence-corrected chi connectivity index (χ0v) is 14.1. The van der Waals surface area contributed by atoms with Crippen molar-refractivity contribution >= 4 is 31.9 Å². The van der Waals surface area contributed by atoms with E-state index < -0.39 is 0 Å². The summed E-state index contributed by atoms with van der Waals surface area (Å²) >= 11 is 6.90. The largest absolute Gasteiger partial charge is 0.496 e. The molecule has 6 heteroatoms.